The van der Waals surface area contributed by atoms with Crippen LogP contribution in [0.4, 0.5) is 0 Å². The highest BCUT2D eigenvalue weighted by Crippen LogP contribution is 2.18. The fourth-order valence-corrected chi connectivity index (χ4v) is 3.71. The lowest BCUT2D eigenvalue weighted by atomic mass is 9.97. The Kier molecular flexibility index (Phi) is 6.96. The van der Waals surface area contributed by atoms with Crippen molar-refractivity contribution in [3.05, 3.63) is 35.4 Å². The van der Waals surface area contributed by atoms with E-state index in [-0.39, 0.29) is 17.7 Å². The second kappa shape index (κ2) is 8.96. The summed E-state index contributed by atoms with van der Waals surface area (Å²) < 4.78 is 0. The van der Waals surface area contributed by atoms with Crippen LogP contribution in [0.3, 0.4) is 0 Å². The van der Waals surface area contributed by atoms with Crippen molar-refractivity contribution in [3.8, 4) is 0 Å². The predicted molar refractivity (Wildman–Crippen MR) is 95.3 cm³/mol. The number of benzene rings is 1. The van der Waals surface area contributed by atoms with Gasteiger partial charge in [0.1, 0.15) is 0 Å². The Morgan fingerprint density at radius 3 is 2.91 bits per heavy atom. The van der Waals surface area contributed by atoms with Crippen LogP contribution in [0.1, 0.15) is 30.9 Å². The zero-order chi connectivity index (χ0) is 16.7. The Bertz CT molecular complexity index is 548. The molecule has 1 aliphatic rings. The molecule has 0 aliphatic carbocycles. The zero-order valence-corrected chi connectivity index (χ0v) is 14.8. The van der Waals surface area contributed by atoms with Gasteiger partial charge in [-0.05, 0) is 31.4 Å². The molecular weight excluding hydrogens is 308 g/mol. The minimum atomic E-state index is -0.0472. The maximum Gasteiger partial charge on any atom is 0.224 e. The highest BCUT2D eigenvalue weighted by atomic mass is 32.2. The Hall–Kier alpha value is -1.49. The molecule has 1 unspecified atom stereocenters. The summed E-state index contributed by atoms with van der Waals surface area (Å²) in [6, 6.07) is 8.40. The van der Waals surface area contributed by atoms with Gasteiger partial charge in [-0.15, -0.1) is 0 Å². The predicted octanol–water partition coefficient (Wildman–Crippen LogP) is 2.60. The van der Waals surface area contributed by atoms with Gasteiger partial charge >= 0.3 is 0 Å². The highest BCUT2D eigenvalue weighted by Gasteiger charge is 2.28. The van der Waals surface area contributed by atoms with E-state index in [1.807, 2.05) is 18.7 Å². The molecule has 1 aromatic rings. The van der Waals surface area contributed by atoms with Crippen molar-refractivity contribution in [2.75, 3.05) is 25.4 Å². The second-order valence-corrected chi connectivity index (χ2v) is 7.04. The summed E-state index contributed by atoms with van der Waals surface area (Å²) in [5.41, 5.74) is 2.67. The van der Waals surface area contributed by atoms with Crippen LogP contribution in [0.5, 0.6) is 0 Å². The van der Waals surface area contributed by atoms with E-state index in [9.17, 15) is 9.59 Å². The molecule has 1 fully saturated rings. The number of amides is 2. The molecule has 0 saturated carbocycles. The number of nitrogens with zero attached hydrogens (tertiary/aromatic N) is 1. The van der Waals surface area contributed by atoms with E-state index in [0.29, 0.717) is 32.5 Å². The summed E-state index contributed by atoms with van der Waals surface area (Å²) in [4.78, 5) is 25.6. The highest BCUT2D eigenvalue weighted by molar-refractivity contribution is 7.98. The number of hydrogen-bond donors (Lipinski definition) is 1. The van der Waals surface area contributed by atoms with Crippen LogP contribution in [-0.2, 0) is 15.3 Å². The first-order valence-electron chi connectivity index (χ1n) is 8.29. The molecule has 0 aromatic heterocycles. The van der Waals surface area contributed by atoms with Gasteiger partial charge in [0.05, 0.1) is 5.92 Å². The lowest BCUT2D eigenvalue weighted by molar-refractivity contribution is -0.138. The molecule has 2 amide bonds. The van der Waals surface area contributed by atoms with Gasteiger partial charge < -0.3 is 10.2 Å². The van der Waals surface area contributed by atoms with E-state index in [4.69, 9.17) is 0 Å². The first-order valence-corrected chi connectivity index (χ1v) is 9.45. The van der Waals surface area contributed by atoms with Gasteiger partial charge in [-0.25, -0.2) is 0 Å². The molecule has 1 heterocycles. The topological polar surface area (TPSA) is 49.4 Å². The number of hydrogen-bond acceptors (Lipinski definition) is 3. The molecule has 1 N–H and O–H groups in total. The number of piperidine rings is 1. The molecule has 0 spiro atoms. The minimum absolute atomic E-state index is 0.0472. The summed E-state index contributed by atoms with van der Waals surface area (Å²) in [5, 5.41) is 3.02. The molecule has 2 rings (SSSR count). The standard InChI is InChI=1S/C18H26N2O2S/c1-3-20-12-15(8-9-17(20)21)18(22)19-10-11-23-13-16-7-5-4-6-14(16)2/h4-7,15H,3,8-13H2,1-2H3,(H,19,22). The van der Waals surface area contributed by atoms with Crippen molar-refractivity contribution < 1.29 is 9.59 Å². The zero-order valence-electron chi connectivity index (χ0n) is 14.0. The summed E-state index contributed by atoms with van der Waals surface area (Å²) >= 11 is 1.84. The summed E-state index contributed by atoms with van der Waals surface area (Å²) in [6.45, 7) is 6.03. The molecule has 4 nitrogen and oxygen atoms in total. The average Bonchev–Trinajstić information content (AvgIpc) is 2.56. The maximum atomic E-state index is 12.2. The van der Waals surface area contributed by atoms with Gasteiger partial charge in [0.2, 0.25) is 11.8 Å². The lowest BCUT2D eigenvalue weighted by Gasteiger charge is -2.31. The van der Waals surface area contributed by atoms with Gasteiger partial charge in [-0.3, -0.25) is 9.59 Å². The van der Waals surface area contributed by atoms with Gasteiger partial charge in [0.25, 0.3) is 0 Å². The second-order valence-electron chi connectivity index (χ2n) is 5.94. The van der Waals surface area contributed by atoms with Crippen LogP contribution in [0.15, 0.2) is 24.3 Å². The van der Waals surface area contributed by atoms with Crippen LogP contribution < -0.4 is 5.32 Å². The molecule has 1 atom stereocenters. The molecule has 126 valence electrons. The van der Waals surface area contributed by atoms with Gasteiger partial charge in [-0.2, -0.15) is 11.8 Å². The smallest absolute Gasteiger partial charge is 0.224 e. The molecule has 23 heavy (non-hydrogen) atoms. The van der Waals surface area contributed by atoms with E-state index in [0.717, 1.165) is 11.5 Å². The quantitative estimate of drug-likeness (QED) is 0.780. The van der Waals surface area contributed by atoms with Crippen molar-refractivity contribution in [3.63, 3.8) is 0 Å². The Balaban J connectivity index is 1.65. The molecular formula is C18H26N2O2S. The van der Waals surface area contributed by atoms with Crippen LogP contribution in [0.25, 0.3) is 0 Å². The van der Waals surface area contributed by atoms with E-state index in [2.05, 4.69) is 36.5 Å². The van der Waals surface area contributed by atoms with Crippen molar-refractivity contribution in [2.45, 2.75) is 32.4 Å². The third-order valence-corrected chi connectivity index (χ3v) is 5.33. The molecule has 0 radical (unpaired) electrons. The summed E-state index contributed by atoms with van der Waals surface area (Å²) in [7, 11) is 0. The Labute approximate surface area is 143 Å². The largest absolute Gasteiger partial charge is 0.355 e. The maximum absolute atomic E-state index is 12.2. The number of likely N-dealkylation sites (tertiary alicyclic amines) is 1. The molecule has 1 aliphatic heterocycles. The summed E-state index contributed by atoms with van der Waals surface area (Å²) in [6.07, 6.45) is 1.17. The third kappa shape index (κ3) is 5.27. The van der Waals surface area contributed by atoms with Crippen molar-refractivity contribution in [1.82, 2.24) is 10.2 Å². The lowest BCUT2D eigenvalue weighted by Crippen LogP contribution is -2.45. The number of carbonyl (C=O) groups is 2. The fraction of sp³-hybridized carbons (Fsp3) is 0.556. The number of carbonyl (C=O) groups excluding carboxylic acids is 2. The normalized spacial score (nSPS) is 18.1. The van der Waals surface area contributed by atoms with Crippen molar-refractivity contribution in [1.29, 1.82) is 0 Å². The fourth-order valence-electron chi connectivity index (χ4n) is 2.78. The van der Waals surface area contributed by atoms with E-state index in [1.165, 1.54) is 11.1 Å². The SMILES string of the molecule is CCN1CC(C(=O)NCCSCc2ccccc2C)CCC1=O. The first-order chi connectivity index (χ1) is 11.1. The number of aryl methyl sites for hydroxylation is 1. The number of rotatable bonds is 7. The monoisotopic (exact) mass is 334 g/mol. The average molecular weight is 334 g/mol. The van der Waals surface area contributed by atoms with E-state index >= 15 is 0 Å². The molecule has 1 saturated heterocycles. The van der Waals surface area contributed by atoms with Crippen molar-refractivity contribution >= 4 is 23.6 Å². The van der Waals surface area contributed by atoms with Crippen LogP contribution >= 0.6 is 11.8 Å². The van der Waals surface area contributed by atoms with Crippen LogP contribution in [0, 0.1) is 12.8 Å². The Morgan fingerprint density at radius 1 is 1.39 bits per heavy atom. The third-order valence-electron chi connectivity index (χ3n) is 4.32. The van der Waals surface area contributed by atoms with Crippen LogP contribution in [0.2, 0.25) is 0 Å². The number of thioether (sulfide) groups is 1. The molecule has 1 aromatic carbocycles. The van der Waals surface area contributed by atoms with Gasteiger partial charge in [-0.1, -0.05) is 24.3 Å². The van der Waals surface area contributed by atoms with Crippen LogP contribution in [-0.4, -0.2) is 42.1 Å². The van der Waals surface area contributed by atoms with Crippen molar-refractivity contribution in [2.24, 2.45) is 5.92 Å². The first kappa shape index (κ1) is 17.9. The summed E-state index contributed by atoms with van der Waals surface area (Å²) in [5.74, 6) is 2.10. The minimum Gasteiger partial charge on any atom is -0.355 e. The van der Waals surface area contributed by atoms with E-state index in [1.54, 1.807) is 4.90 Å². The van der Waals surface area contributed by atoms with Gasteiger partial charge in [0.15, 0.2) is 0 Å². The number of nitrogens with one attached hydrogen (secondary N) is 1. The Morgan fingerprint density at radius 2 is 2.17 bits per heavy atom. The van der Waals surface area contributed by atoms with Gasteiger partial charge in [0, 0.05) is 37.6 Å². The van der Waals surface area contributed by atoms with E-state index < -0.39 is 0 Å². The molecule has 5 heteroatoms. The molecule has 0 bridgehead atoms.